The molecule has 0 aliphatic rings. The summed E-state index contributed by atoms with van der Waals surface area (Å²) in [5, 5.41) is 8.99. The largest absolute Gasteiger partial charge is 0.493 e. The van der Waals surface area contributed by atoms with E-state index in [0.29, 0.717) is 17.9 Å². The molecule has 1 aromatic carbocycles. The number of aliphatic hydroxyl groups is 1. The van der Waals surface area contributed by atoms with Crippen LogP contribution in [0.5, 0.6) is 5.75 Å². The van der Waals surface area contributed by atoms with Crippen molar-refractivity contribution in [2.75, 3.05) is 6.61 Å². The fourth-order valence-corrected chi connectivity index (χ4v) is 1.15. The van der Waals surface area contributed by atoms with Gasteiger partial charge in [0.15, 0.2) is 0 Å². The van der Waals surface area contributed by atoms with E-state index in [2.05, 4.69) is 6.58 Å². The molecule has 1 N–H and O–H groups in total. The van der Waals surface area contributed by atoms with Gasteiger partial charge < -0.3 is 9.84 Å². The molecule has 0 radical (unpaired) electrons. The summed E-state index contributed by atoms with van der Waals surface area (Å²) >= 11 is 0. The van der Waals surface area contributed by atoms with Crippen LogP contribution in [0.1, 0.15) is 18.9 Å². The highest BCUT2D eigenvalue weighted by molar-refractivity contribution is 5.33. The van der Waals surface area contributed by atoms with Gasteiger partial charge in [-0.2, -0.15) is 0 Å². The number of halogens is 1. The molecule has 0 saturated heterocycles. The Kier molecular flexibility index (Phi) is 4.31. The van der Waals surface area contributed by atoms with Crippen LogP contribution in [0, 0.1) is 5.82 Å². The Labute approximate surface area is 89.0 Å². The van der Waals surface area contributed by atoms with E-state index >= 15 is 0 Å². The topological polar surface area (TPSA) is 29.5 Å². The maximum absolute atomic E-state index is 12.8. The van der Waals surface area contributed by atoms with Gasteiger partial charge in [-0.1, -0.05) is 5.57 Å². The van der Waals surface area contributed by atoms with Crippen LogP contribution in [-0.4, -0.2) is 11.7 Å². The van der Waals surface area contributed by atoms with Crippen LogP contribution in [0.15, 0.2) is 30.4 Å². The van der Waals surface area contributed by atoms with Gasteiger partial charge in [-0.25, -0.2) is 4.39 Å². The minimum Gasteiger partial charge on any atom is -0.493 e. The molecule has 1 rings (SSSR count). The fraction of sp³-hybridized carbons (Fsp3) is 0.333. The van der Waals surface area contributed by atoms with Crippen molar-refractivity contribution in [2.24, 2.45) is 0 Å². The standard InChI is InChI=1S/C12H15FO2/c1-9(2)5-6-15-12-4-3-11(13)7-10(12)8-14/h3-4,7,14H,1,5-6,8H2,2H3. The van der Waals surface area contributed by atoms with Gasteiger partial charge in [0.05, 0.1) is 13.2 Å². The van der Waals surface area contributed by atoms with E-state index in [9.17, 15) is 4.39 Å². The summed E-state index contributed by atoms with van der Waals surface area (Å²) < 4.78 is 18.2. The van der Waals surface area contributed by atoms with Gasteiger partial charge in [0, 0.05) is 12.0 Å². The molecule has 15 heavy (non-hydrogen) atoms. The lowest BCUT2D eigenvalue weighted by atomic mass is 10.2. The highest BCUT2D eigenvalue weighted by atomic mass is 19.1. The molecule has 0 aliphatic carbocycles. The van der Waals surface area contributed by atoms with Gasteiger partial charge in [-0.3, -0.25) is 0 Å². The van der Waals surface area contributed by atoms with Crippen LogP contribution in [0.3, 0.4) is 0 Å². The highest BCUT2D eigenvalue weighted by Crippen LogP contribution is 2.20. The van der Waals surface area contributed by atoms with Gasteiger partial charge >= 0.3 is 0 Å². The van der Waals surface area contributed by atoms with E-state index < -0.39 is 0 Å². The van der Waals surface area contributed by atoms with Crippen molar-refractivity contribution in [3.05, 3.63) is 41.7 Å². The normalized spacial score (nSPS) is 10.1. The molecule has 0 aromatic heterocycles. The van der Waals surface area contributed by atoms with E-state index in [-0.39, 0.29) is 12.4 Å². The number of hydrogen-bond donors (Lipinski definition) is 1. The Bertz CT molecular complexity index is 347. The molecule has 0 unspecified atom stereocenters. The lowest BCUT2D eigenvalue weighted by Gasteiger charge is -2.09. The SMILES string of the molecule is C=C(C)CCOc1ccc(F)cc1CO. The first-order chi connectivity index (χ1) is 7.13. The average molecular weight is 210 g/mol. The predicted molar refractivity (Wildman–Crippen MR) is 57.2 cm³/mol. The molecule has 0 atom stereocenters. The maximum atomic E-state index is 12.8. The van der Waals surface area contributed by atoms with Gasteiger partial charge in [0.1, 0.15) is 11.6 Å². The number of rotatable bonds is 5. The number of benzene rings is 1. The van der Waals surface area contributed by atoms with Crippen LogP contribution in [-0.2, 0) is 6.61 Å². The Hall–Kier alpha value is -1.35. The molecule has 82 valence electrons. The summed E-state index contributed by atoms with van der Waals surface area (Å²) in [4.78, 5) is 0. The summed E-state index contributed by atoms with van der Waals surface area (Å²) in [5.74, 6) is 0.159. The molecule has 0 heterocycles. The third-order valence-corrected chi connectivity index (χ3v) is 1.98. The van der Waals surface area contributed by atoms with Crippen LogP contribution < -0.4 is 4.74 Å². The van der Waals surface area contributed by atoms with Crippen molar-refractivity contribution < 1.29 is 14.2 Å². The molecule has 1 aromatic rings. The van der Waals surface area contributed by atoms with Crippen molar-refractivity contribution in [3.8, 4) is 5.75 Å². The van der Waals surface area contributed by atoms with Gasteiger partial charge in [0.2, 0.25) is 0 Å². The van der Waals surface area contributed by atoms with Crippen molar-refractivity contribution >= 4 is 0 Å². The maximum Gasteiger partial charge on any atom is 0.125 e. The van der Waals surface area contributed by atoms with Crippen molar-refractivity contribution in [1.29, 1.82) is 0 Å². The number of aliphatic hydroxyl groups excluding tert-OH is 1. The molecule has 3 heteroatoms. The summed E-state index contributed by atoms with van der Waals surface area (Å²) in [6.45, 7) is 5.94. The smallest absolute Gasteiger partial charge is 0.125 e. The summed E-state index contributed by atoms with van der Waals surface area (Å²) in [7, 11) is 0. The Morgan fingerprint density at radius 3 is 2.87 bits per heavy atom. The first-order valence-electron chi connectivity index (χ1n) is 4.80. The van der Waals surface area contributed by atoms with E-state index in [4.69, 9.17) is 9.84 Å². The van der Waals surface area contributed by atoms with Gasteiger partial charge in [-0.05, 0) is 25.1 Å². The molecule has 0 saturated carbocycles. The zero-order chi connectivity index (χ0) is 11.3. The second-order valence-corrected chi connectivity index (χ2v) is 3.47. The first kappa shape index (κ1) is 11.7. The Morgan fingerprint density at radius 2 is 2.27 bits per heavy atom. The molecule has 0 aliphatic heterocycles. The summed E-state index contributed by atoms with van der Waals surface area (Å²) in [5.41, 5.74) is 1.50. The molecule has 0 amide bonds. The third-order valence-electron chi connectivity index (χ3n) is 1.98. The zero-order valence-corrected chi connectivity index (χ0v) is 8.79. The van der Waals surface area contributed by atoms with E-state index in [1.54, 1.807) is 0 Å². The minimum atomic E-state index is -0.369. The molecule has 0 bridgehead atoms. The second kappa shape index (κ2) is 5.51. The van der Waals surface area contributed by atoms with Crippen LogP contribution in [0.25, 0.3) is 0 Å². The minimum absolute atomic E-state index is 0.222. The number of hydrogen-bond acceptors (Lipinski definition) is 2. The monoisotopic (exact) mass is 210 g/mol. The lowest BCUT2D eigenvalue weighted by Crippen LogP contribution is -2.01. The second-order valence-electron chi connectivity index (χ2n) is 3.47. The molecule has 0 fully saturated rings. The summed E-state index contributed by atoms with van der Waals surface area (Å²) in [6, 6.07) is 4.12. The first-order valence-corrected chi connectivity index (χ1v) is 4.80. The van der Waals surface area contributed by atoms with Crippen molar-refractivity contribution in [3.63, 3.8) is 0 Å². The Balaban J connectivity index is 2.63. The lowest BCUT2D eigenvalue weighted by molar-refractivity contribution is 0.263. The van der Waals surface area contributed by atoms with E-state index in [1.165, 1.54) is 18.2 Å². The van der Waals surface area contributed by atoms with Gasteiger partial charge in [-0.15, -0.1) is 6.58 Å². The van der Waals surface area contributed by atoms with Gasteiger partial charge in [0.25, 0.3) is 0 Å². The number of ether oxygens (including phenoxy) is 1. The predicted octanol–water partition coefficient (Wildman–Crippen LogP) is 2.66. The Morgan fingerprint density at radius 1 is 1.53 bits per heavy atom. The summed E-state index contributed by atoms with van der Waals surface area (Å²) in [6.07, 6.45) is 0.752. The van der Waals surface area contributed by atoms with Crippen LogP contribution >= 0.6 is 0 Å². The molecule has 0 spiro atoms. The molecule has 2 nitrogen and oxygen atoms in total. The zero-order valence-electron chi connectivity index (χ0n) is 8.79. The quantitative estimate of drug-likeness (QED) is 0.757. The van der Waals surface area contributed by atoms with E-state index in [1.807, 2.05) is 6.92 Å². The fourth-order valence-electron chi connectivity index (χ4n) is 1.15. The van der Waals surface area contributed by atoms with Crippen molar-refractivity contribution in [1.82, 2.24) is 0 Å². The van der Waals surface area contributed by atoms with E-state index in [0.717, 1.165) is 12.0 Å². The third kappa shape index (κ3) is 3.72. The average Bonchev–Trinajstić information content (AvgIpc) is 2.19. The van der Waals surface area contributed by atoms with Crippen molar-refractivity contribution in [2.45, 2.75) is 20.0 Å². The van der Waals surface area contributed by atoms with Crippen LogP contribution in [0.4, 0.5) is 4.39 Å². The highest BCUT2D eigenvalue weighted by Gasteiger charge is 2.04. The van der Waals surface area contributed by atoms with Crippen LogP contribution in [0.2, 0.25) is 0 Å². The molecular formula is C12H15FO2. The molecular weight excluding hydrogens is 195 g/mol.